The van der Waals surface area contributed by atoms with E-state index in [1.54, 1.807) is 0 Å². The van der Waals surface area contributed by atoms with Crippen molar-refractivity contribution in [2.75, 3.05) is 6.54 Å². The number of hydrogen-bond donors (Lipinski definition) is 2. The summed E-state index contributed by atoms with van der Waals surface area (Å²) in [7, 11) is 0. The van der Waals surface area contributed by atoms with Crippen LogP contribution in [-0.2, 0) is 0 Å². The summed E-state index contributed by atoms with van der Waals surface area (Å²) < 4.78 is 0. The van der Waals surface area contributed by atoms with Crippen molar-refractivity contribution in [3.63, 3.8) is 0 Å². The molecule has 3 N–H and O–H groups in total. The lowest BCUT2D eigenvalue weighted by molar-refractivity contribution is 0.230. The van der Waals surface area contributed by atoms with Gasteiger partial charge in [-0.25, -0.2) is 5.01 Å². The van der Waals surface area contributed by atoms with Crippen molar-refractivity contribution in [3.05, 3.63) is 0 Å². The van der Waals surface area contributed by atoms with Crippen molar-refractivity contribution < 1.29 is 0 Å². The summed E-state index contributed by atoms with van der Waals surface area (Å²) >= 11 is 4.71. The number of thiocarbonyl (C=S) groups is 1. The largest absolute Gasteiger partial charge is 0.375 e. The van der Waals surface area contributed by atoms with E-state index >= 15 is 0 Å². The van der Waals surface area contributed by atoms with Crippen LogP contribution in [0.5, 0.6) is 0 Å². The van der Waals surface area contributed by atoms with Crippen LogP contribution in [0.25, 0.3) is 0 Å². The van der Waals surface area contributed by atoms with Crippen LogP contribution < -0.4 is 11.2 Å². The van der Waals surface area contributed by atoms with Gasteiger partial charge in [-0.05, 0) is 32.0 Å². The van der Waals surface area contributed by atoms with Gasteiger partial charge in [0, 0.05) is 12.6 Å². The Bertz CT molecular complexity index is 137. The number of hydrogen-bond acceptors (Lipinski definition) is 2. The quantitative estimate of drug-likeness (QED) is 0.537. The molecule has 0 aromatic carbocycles. The Kier molecular flexibility index (Phi) is 2.45. The van der Waals surface area contributed by atoms with Crippen LogP contribution >= 0.6 is 12.2 Å². The zero-order valence-electron chi connectivity index (χ0n) is 6.13. The molecular weight excluding hydrogens is 146 g/mol. The van der Waals surface area contributed by atoms with E-state index in [1.807, 2.05) is 0 Å². The van der Waals surface area contributed by atoms with Crippen molar-refractivity contribution in [1.82, 2.24) is 10.4 Å². The maximum atomic E-state index is 5.31. The fraction of sp³-hybridized carbons (Fsp3) is 0.833. The Morgan fingerprint density at radius 2 is 2.50 bits per heavy atom. The second-order valence-electron chi connectivity index (χ2n) is 2.66. The Labute approximate surface area is 66.5 Å². The lowest BCUT2D eigenvalue weighted by Gasteiger charge is -2.21. The van der Waals surface area contributed by atoms with Gasteiger partial charge in [-0.3, -0.25) is 5.43 Å². The van der Waals surface area contributed by atoms with E-state index < -0.39 is 0 Å². The molecule has 0 saturated carbocycles. The van der Waals surface area contributed by atoms with Crippen LogP contribution in [0.15, 0.2) is 0 Å². The number of nitrogens with two attached hydrogens (primary N) is 1. The van der Waals surface area contributed by atoms with Gasteiger partial charge in [-0.1, -0.05) is 0 Å². The first-order chi connectivity index (χ1) is 4.70. The SMILES string of the molecule is CC1CCCN1NC(N)=S. The molecule has 0 radical (unpaired) electrons. The number of hydrazine groups is 1. The van der Waals surface area contributed by atoms with E-state index in [0.29, 0.717) is 11.2 Å². The molecule has 1 saturated heterocycles. The summed E-state index contributed by atoms with van der Waals surface area (Å²) in [6.07, 6.45) is 2.46. The molecule has 3 nitrogen and oxygen atoms in total. The second kappa shape index (κ2) is 3.16. The van der Waals surface area contributed by atoms with Crippen molar-refractivity contribution in [3.8, 4) is 0 Å². The molecule has 1 fully saturated rings. The molecule has 1 aliphatic heterocycles. The normalized spacial score (nSPS) is 26.7. The standard InChI is InChI=1S/C6H13N3S/c1-5-3-2-4-9(5)8-6(7)10/h5H,2-4H2,1H3,(H3,7,8,10). The summed E-state index contributed by atoms with van der Waals surface area (Å²) in [5.41, 5.74) is 8.25. The van der Waals surface area contributed by atoms with E-state index in [2.05, 4.69) is 17.4 Å². The van der Waals surface area contributed by atoms with Crippen LogP contribution in [-0.4, -0.2) is 22.7 Å². The van der Waals surface area contributed by atoms with Gasteiger partial charge in [0.1, 0.15) is 0 Å². The first-order valence-corrected chi connectivity index (χ1v) is 3.93. The lowest BCUT2D eigenvalue weighted by Crippen LogP contribution is -2.46. The van der Waals surface area contributed by atoms with Gasteiger partial charge in [-0.15, -0.1) is 0 Å². The highest BCUT2D eigenvalue weighted by Gasteiger charge is 2.19. The third-order valence-electron chi connectivity index (χ3n) is 1.81. The molecule has 4 heteroatoms. The fourth-order valence-electron chi connectivity index (χ4n) is 1.24. The van der Waals surface area contributed by atoms with Gasteiger partial charge in [-0.2, -0.15) is 0 Å². The molecule has 0 aromatic heterocycles. The van der Waals surface area contributed by atoms with Crippen LogP contribution in [0.1, 0.15) is 19.8 Å². The molecule has 0 amide bonds. The van der Waals surface area contributed by atoms with Crippen molar-refractivity contribution in [2.24, 2.45) is 5.73 Å². The summed E-state index contributed by atoms with van der Waals surface area (Å²) in [6, 6.07) is 0.571. The highest BCUT2D eigenvalue weighted by molar-refractivity contribution is 7.80. The zero-order valence-corrected chi connectivity index (χ0v) is 6.95. The third-order valence-corrected chi connectivity index (χ3v) is 1.90. The molecule has 0 bridgehead atoms. The zero-order chi connectivity index (χ0) is 7.56. The van der Waals surface area contributed by atoms with Crippen LogP contribution in [0.3, 0.4) is 0 Å². The minimum Gasteiger partial charge on any atom is -0.375 e. The average Bonchev–Trinajstić information content (AvgIpc) is 2.15. The summed E-state index contributed by atoms with van der Waals surface area (Å²) in [4.78, 5) is 0. The first-order valence-electron chi connectivity index (χ1n) is 3.53. The van der Waals surface area contributed by atoms with E-state index in [0.717, 1.165) is 6.54 Å². The second-order valence-corrected chi connectivity index (χ2v) is 3.10. The predicted molar refractivity (Wildman–Crippen MR) is 45.3 cm³/mol. The minimum atomic E-state index is 0.369. The van der Waals surface area contributed by atoms with Gasteiger partial charge in [0.05, 0.1) is 0 Å². The van der Waals surface area contributed by atoms with Gasteiger partial charge in [0.15, 0.2) is 5.11 Å². The molecule has 0 aromatic rings. The van der Waals surface area contributed by atoms with Gasteiger partial charge < -0.3 is 5.73 Å². The molecule has 1 unspecified atom stereocenters. The fourth-order valence-corrected chi connectivity index (χ4v) is 1.36. The Balaban J connectivity index is 2.33. The highest BCUT2D eigenvalue weighted by Crippen LogP contribution is 2.12. The molecule has 0 aliphatic carbocycles. The molecule has 1 heterocycles. The van der Waals surface area contributed by atoms with Gasteiger partial charge >= 0.3 is 0 Å². The molecule has 1 atom stereocenters. The average molecular weight is 159 g/mol. The van der Waals surface area contributed by atoms with E-state index in [9.17, 15) is 0 Å². The van der Waals surface area contributed by atoms with Crippen LogP contribution in [0.4, 0.5) is 0 Å². The summed E-state index contributed by atoms with van der Waals surface area (Å²) in [5, 5.41) is 2.45. The van der Waals surface area contributed by atoms with E-state index in [-0.39, 0.29) is 0 Å². The molecule has 1 rings (SSSR count). The first kappa shape index (κ1) is 7.75. The van der Waals surface area contributed by atoms with Gasteiger partial charge in [0.2, 0.25) is 0 Å². The van der Waals surface area contributed by atoms with Crippen molar-refractivity contribution in [2.45, 2.75) is 25.8 Å². The maximum absolute atomic E-state index is 5.31. The molecule has 0 spiro atoms. The molecule has 1 aliphatic rings. The Morgan fingerprint density at radius 3 is 2.90 bits per heavy atom. The topological polar surface area (TPSA) is 41.3 Å². The van der Waals surface area contributed by atoms with Gasteiger partial charge in [0.25, 0.3) is 0 Å². The molecule has 10 heavy (non-hydrogen) atoms. The van der Waals surface area contributed by atoms with Crippen LogP contribution in [0.2, 0.25) is 0 Å². The third kappa shape index (κ3) is 1.82. The predicted octanol–water partition coefficient (Wildman–Crippen LogP) is 0.219. The Hall–Kier alpha value is -0.350. The van der Waals surface area contributed by atoms with Crippen LogP contribution in [0, 0.1) is 0 Å². The monoisotopic (exact) mass is 159 g/mol. The number of rotatable bonds is 1. The number of nitrogens with zero attached hydrogens (tertiary/aromatic N) is 1. The van der Waals surface area contributed by atoms with E-state index in [1.165, 1.54) is 12.8 Å². The van der Waals surface area contributed by atoms with Crippen molar-refractivity contribution in [1.29, 1.82) is 0 Å². The summed E-state index contributed by atoms with van der Waals surface area (Å²) in [6.45, 7) is 3.22. The van der Waals surface area contributed by atoms with E-state index in [4.69, 9.17) is 18.0 Å². The lowest BCUT2D eigenvalue weighted by atomic mass is 10.3. The Morgan fingerprint density at radius 1 is 1.80 bits per heavy atom. The smallest absolute Gasteiger partial charge is 0.178 e. The molecular formula is C6H13N3S. The maximum Gasteiger partial charge on any atom is 0.178 e. The minimum absolute atomic E-state index is 0.369. The summed E-state index contributed by atoms with van der Waals surface area (Å²) in [5.74, 6) is 0. The molecule has 58 valence electrons. The van der Waals surface area contributed by atoms with Crippen molar-refractivity contribution >= 4 is 17.3 Å². The highest BCUT2D eigenvalue weighted by atomic mass is 32.1. The number of nitrogens with one attached hydrogen (secondary N) is 1.